The van der Waals surface area contributed by atoms with E-state index in [0.29, 0.717) is 24.4 Å². The van der Waals surface area contributed by atoms with Crippen molar-refractivity contribution >= 4 is 17.8 Å². The van der Waals surface area contributed by atoms with Crippen LogP contribution >= 0.6 is 0 Å². The van der Waals surface area contributed by atoms with Gasteiger partial charge in [-0.2, -0.15) is 4.98 Å². The van der Waals surface area contributed by atoms with Gasteiger partial charge in [0.1, 0.15) is 0 Å². The van der Waals surface area contributed by atoms with E-state index in [9.17, 15) is 4.79 Å². The van der Waals surface area contributed by atoms with E-state index in [4.69, 9.17) is 0 Å². The third-order valence-electron chi connectivity index (χ3n) is 4.07. The van der Waals surface area contributed by atoms with Crippen molar-refractivity contribution in [3.63, 3.8) is 0 Å². The van der Waals surface area contributed by atoms with Gasteiger partial charge < -0.3 is 5.32 Å². The van der Waals surface area contributed by atoms with Crippen LogP contribution in [-0.2, 0) is 4.79 Å². The van der Waals surface area contributed by atoms with Gasteiger partial charge in [-0.25, -0.2) is 4.68 Å². The number of carbonyl (C=O) groups excluding carboxylic acids is 1. The van der Waals surface area contributed by atoms with Gasteiger partial charge in [0.05, 0.1) is 6.04 Å². The van der Waals surface area contributed by atoms with Crippen molar-refractivity contribution in [2.75, 3.05) is 10.6 Å². The summed E-state index contributed by atoms with van der Waals surface area (Å²) in [5.41, 5.74) is 1.20. The Labute approximate surface area is 136 Å². The molecule has 2 atom stereocenters. The zero-order chi connectivity index (χ0) is 16.2. The molecule has 0 aliphatic carbocycles. The maximum atomic E-state index is 11.9. The number of anilines is 2. The second-order valence-corrected chi connectivity index (χ2v) is 6.06. The fourth-order valence-electron chi connectivity index (χ4n) is 2.88. The van der Waals surface area contributed by atoms with Gasteiger partial charge in [0, 0.05) is 12.5 Å². The number of aromatic nitrogens is 3. The molecular formula is C17H23N5O. The van der Waals surface area contributed by atoms with Crippen LogP contribution in [0.4, 0.5) is 11.9 Å². The molecule has 1 aromatic heterocycles. The summed E-state index contributed by atoms with van der Waals surface area (Å²) in [6.07, 6.45) is 3.31. The highest BCUT2D eigenvalue weighted by molar-refractivity contribution is 5.88. The predicted molar refractivity (Wildman–Crippen MR) is 90.5 cm³/mol. The highest BCUT2D eigenvalue weighted by atomic mass is 16.1. The molecule has 0 saturated heterocycles. The number of unbranched alkanes of at least 4 members (excludes halogenated alkanes) is 1. The fraction of sp³-hybridized carbons (Fsp3) is 0.471. The average Bonchev–Trinajstić information content (AvgIpc) is 2.94. The molecule has 6 heteroatoms. The molecule has 3 rings (SSSR count). The number of carbonyl (C=O) groups is 1. The van der Waals surface area contributed by atoms with Gasteiger partial charge in [-0.3, -0.25) is 10.1 Å². The van der Waals surface area contributed by atoms with E-state index < -0.39 is 0 Å². The van der Waals surface area contributed by atoms with Crippen LogP contribution in [0.3, 0.4) is 0 Å². The lowest BCUT2D eigenvalue weighted by Gasteiger charge is -2.29. The molecule has 2 heterocycles. The van der Waals surface area contributed by atoms with Crippen molar-refractivity contribution in [3.8, 4) is 0 Å². The van der Waals surface area contributed by atoms with Crippen LogP contribution in [0.1, 0.15) is 51.1 Å². The Morgan fingerprint density at radius 3 is 2.91 bits per heavy atom. The molecule has 0 saturated carbocycles. The number of nitrogens with zero attached hydrogens (tertiary/aromatic N) is 3. The first-order valence-electron chi connectivity index (χ1n) is 8.25. The topological polar surface area (TPSA) is 71.8 Å². The molecule has 0 spiro atoms. The summed E-state index contributed by atoms with van der Waals surface area (Å²) in [6, 6.07) is 10.7. The monoisotopic (exact) mass is 313 g/mol. The lowest BCUT2D eigenvalue weighted by molar-refractivity contribution is -0.116. The van der Waals surface area contributed by atoms with E-state index in [-0.39, 0.29) is 11.9 Å². The summed E-state index contributed by atoms with van der Waals surface area (Å²) < 4.78 is 1.88. The number of amides is 1. The Hall–Kier alpha value is -2.37. The minimum absolute atomic E-state index is 0.0286. The van der Waals surface area contributed by atoms with Crippen LogP contribution in [0.2, 0.25) is 0 Å². The van der Waals surface area contributed by atoms with E-state index in [0.717, 1.165) is 19.3 Å². The minimum atomic E-state index is -0.0286. The second-order valence-electron chi connectivity index (χ2n) is 6.06. The van der Waals surface area contributed by atoms with Crippen molar-refractivity contribution in [1.29, 1.82) is 0 Å². The summed E-state index contributed by atoms with van der Waals surface area (Å²) >= 11 is 0. The van der Waals surface area contributed by atoms with E-state index in [2.05, 4.69) is 46.7 Å². The summed E-state index contributed by atoms with van der Waals surface area (Å²) in [5, 5.41) is 10.6. The second kappa shape index (κ2) is 6.81. The minimum Gasteiger partial charge on any atom is -0.352 e. The van der Waals surface area contributed by atoms with Gasteiger partial charge in [-0.1, -0.05) is 43.7 Å². The largest absolute Gasteiger partial charge is 0.352 e. The molecule has 0 bridgehead atoms. The molecule has 6 nitrogen and oxygen atoms in total. The van der Waals surface area contributed by atoms with E-state index >= 15 is 0 Å². The number of hydrogen-bond acceptors (Lipinski definition) is 4. The average molecular weight is 313 g/mol. The zero-order valence-electron chi connectivity index (χ0n) is 13.6. The first-order valence-corrected chi connectivity index (χ1v) is 8.25. The molecule has 2 aromatic rings. The third-order valence-corrected chi connectivity index (χ3v) is 4.07. The highest BCUT2D eigenvalue weighted by Gasteiger charge is 2.28. The molecule has 122 valence electrons. The molecular weight excluding hydrogens is 290 g/mol. The van der Waals surface area contributed by atoms with Crippen LogP contribution in [-0.4, -0.2) is 26.7 Å². The Morgan fingerprint density at radius 2 is 2.17 bits per heavy atom. The zero-order valence-corrected chi connectivity index (χ0v) is 13.6. The van der Waals surface area contributed by atoms with Crippen molar-refractivity contribution in [2.24, 2.45) is 0 Å². The maximum absolute atomic E-state index is 11.9. The molecule has 2 N–H and O–H groups in total. The van der Waals surface area contributed by atoms with Gasteiger partial charge in [-0.05, 0) is 25.3 Å². The fourth-order valence-corrected chi connectivity index (χ4v) is 2.88. The third kappa shape index (κ3) is 3.52. The number of hydrogen-bond donors (Lipinski definition) is 2. The van der Waals surface area contributed by atoms with Crippen molar-refractivity contribution in [2.45, 2.75) is 51.6 Å². The maximum Gasteiger partial charge on any atom is 0.250 e. The molecule has 0 radical (unpaired) electrons. The SMILES string of the molecule is CCCCC(=O)Nc1nc2n(n1)[C@H](c1ccccc1)C[C@H](C)N2. The van der Waals surface area contributed by atoms with Crippen molar-refractivity contribution < 1.29 is 4.79 Å². The van der Waals surface area contributed by atoms with E-state index in [1.165, 1.54) is 5.56 Å². The van der Waals surface area contributed by atoms with Crippen molar-refractivity contribution in [3.05, 3.63) is 35.9 Å². The van der Waals surface area contributed by atoms with Gasteiger partial charge >= 0.3 is 0 Å². The highest BCUT2D eigenvalue weighted by Crippen LogP contribution is 2.31. The number of rotatable bonds is 5. The number of benzene rings is 1. The first kappa shape index (κ1) is 15.5. The van der Waals surface area contributed by atoms with E-state index in [1.54, 1.807) is 0 Å². The summed E-state index contributed by atoms with van der Waals surface area (Å²) in [5.74, 6) is 1.06. The molecule has 1 aliphatic heterocycles. The summed E-state index contributed by atoms with van der Waals surface area (Å²) in [4.78, 5) is 16.3. The van der Waals surface area contributed by atoms with Crippen LogP contribution in [0.15, 0.2) is 30.3 Å². The van der Waals surface area contributed by atoms with Crippen LogP contribution < -0.4 is 10.6 Å². The molecule has 0 fully saturated rings. The number of nitrogens with one attached hydrogen (secondary N) is 2. The molecule has 1 aliphatic rings. The Bertz CT molecular complexity index is 667. The van der Waals surface area contributed by atoms with Gasteiger partial charge in [0.2, 0.25) is 11.9 Å². The van der Waals surface area contributed by atoms with Crippen LogP contribution in [0.5, 0.6) is 0 Å². The smallest absolute Gasteiger partial charge is 0.250 e. The lowest BCUT2D eigenvalue weighted by Crippen LogP contribution is -2.31. The van der Waals surface area contributed by atoms with Gasteiger partial charge in [0.15, 0.2) is 0 Å². The Balaban J connectivity index is 1.82. The molecule has 1 amide bonds. The molecule has 0 unspecified atom stereocenters. The Kier molecular flexibility index (Phi) is 4.60. The van der Waals surface area contributed by atoms with Gasteiger partial charge in [-0.15, -0.1) is 5.10 Å². The predicted octanol–water partition coefficient (Wildman–Crippen LogP) is 3.20. The standard InChI is InChI=1S/C17H23N5O/c1-3-4-10-15(23)19-16-20-17-18-12(2)11-14(22(17)21-16)13-8-6-5-7-9-13/h5-9,12,14H,3-4,10-11H2,1-2H3,(H2,18,19,20,21,23)/t12-,14-/m0/s1. The first-order chi connectivity index (χ1) is 11.2. The van der Waals surface area contributed by atoms with Gasteiger partial charge in [0.25, 0.3) is 5.95 Å². The summed E-state index contributed by atoms with van der Waals surface area (Å²) in [6.45, 7) is 4.20. The van der Waals surface area contributed by atoms with Crippen LogP contribution in [0, 0.1) is 0 Å². The normalized spacial score (nSPS) is 19.7. The quantitative estimate of drug-likeness (QED) is 0.889. The van der Waals surface area contributed by atoms with Crippen LogP contribution in [0.25, 0.3) is 0 Å². The van der Waals surface area contributed by atoms with Crippen molar-refractivity contribution in [1.82, 2.24) is 14.8 Å². The Morgan fingerprint density at radius 1 is 1.39 bits per heavy atom. The molecule has 23 heavy (non-hydrogen) atoms. The summed E-state index contributed by atoms with van der Waals surface area (Å²) in [7, 11) is 0. The lowest BCUT2D eigenvalue weighted by atomic mass is 9.99. The molecule has 1 aromatic carbocycles. The van der Waals surface area contributed by atoms with E-state index in [1.807, 2.05) is 22.9 Å². The number of fused-ring (bicyclic) bond motifs is 1.